The summed E-state index contributed by atoms with van der Waals surface area (Å²) in [5.74, 6) is 0.179. The van der Waals surface area contributed by atoms with Gasteiger partial charge in [-0.1, -0.05) is 31.5 Å². The van der Waals surface area contributed by atoms with Gasteiger partial charge in [-0.3, -0.25) is 4.79 Å². The largest absolute Gasteiger partial charge is 0.271 e. The van der Waals surface area contributed by atoms with Crippen molar-refractivity contribution in [1.29, 1.82) is 0 Å². The van der Waals surface area contributed by atoms with Crippen LogP contribution in [0.4, 0.5) is 0 Å². The van der Waals surface area contributed by atoms with Gasteiger partial charge in [-0.25, -0.2) is 5.43 Å². The number of benzene rings is 1. The molecule has 0 unspecified atom stereocenters. The van der Waals surface area contributed by atoms with E-state index in [1.807, 2.05) is 39.8 Å². The van der Waals surface area contributed by atoms with Gasteiger partial charge in [0.15, 0.2) is 0 Å². The van der Waals surface area contributed by atoms with Gasteiger partial charge in [0, 0.05) is 11.3 Å². The quantitative estimate of drug-likeness (QED) is 0.615. The zero-order valence-corrected chi connectivity index (χ0v) is 10.2. The average molecular weight is 218 g/mol. The number of nitrogens with one attached hydrogen (secondary N) is 1. The summed E-state index contributed by atoms with van der Waals surface area (Å²) < 4.78 is 0. The summed E-state index contributed by atoms with van der Waals surface area (Å²) in [5.41, 5.74) is 5.23. The number of hydrazone groups is 1. The van der Waals surface area contributed by atoms with Crippen LogP contribution >= 0.6 is 0 Å². The molecule has 0 heterocycles. The van der Waals surface area contributed by atoms with Crippen LogP contribution < -0.4 is 5.43 Å². The number of rotatable bonds is 3. The van der Waals surface area contributed by atoms with Crippen molar-refractivity contribution in [1.82, 2.24) is 5.43 Å². The Morgan fingerprint density at radius 2 is 1.81 bits per heavy atom. The van der Waals surface area contributed by atoms with Gasteiger partial charge in [0.05, 0.1) is 0 Å². The van der Waals surface area contributed by atoms with Gasteiger partial charge in [0.2, 0.25) is 0 Å². The molecule has 0 saturated carbocycles. The monoisotopic (exact) mass is 218 g/mol. The summed E-state index contributed by atoms with van der Waals surface area (Å²) in [6, 6.07) is 7.41. The van der Waals surface area contributed by atoms with E-state index in [9.17, 15) is 4.79 Å². The van der Waals surface area contributed by atoms with Crippen molar-refractivity contribution in [2.75, 3.05) is 0 Å². The zero-order chi connectivity index (χ0) is 12.1. The summed E-state index contributed by atoms with van der Waals surface area (Å²) in [6.07, 6.45) is 0. The smallest absolute Gasteiger partial charge is 0.267 e. The number of carbonyl (C=O) groups is 1. The topological polar surface area (TPSA) is 41.5 Å². The number of aryl methyl sites for hydroxylation is 1. The average Bonchev–Trinajstić information content (AvgIpc) is 2.26. The second kappa shape index (κ2) is 5.45. The fourth-order valence-electron chi connectivity index (χ4n) is 1.04. The Bertz CT molecular complexity index is 391. The Morgan fingerprint density at radius 3 is 2.31 bits per heavy atom. The Balaban J connectivity index is 2.66. The molecular formula is C13H18N2O. The van der Waals surface area contributed by atoms with E-state index in [1.54, 1.807) is 12.1 Å². The lowest BCUT2D eigenvalue weighted by atomic mass is 10.1. The van der Waals surface area contributed by atoms with E-state index in [0.717, 1.165) is 11.3 Å². The molecule has 0 saturated heterocycles. The molecule has 0 atom stereocenters. The second-order valence-corrected chi connectivity index (χ2v) is 4.21. The van der Waals surface area contributed by atoms with Gasteiger partial charge in [0.1, 0.15) is 0 Å². The van der Waals surface area contributed by atoms with E-state index in [-0.39, 0.29) is 5.91 Å². The van der Waals surface area contributed by atoms with Crippen LogP contribution in [0, 0.1) is 12.8 Å². The maximum atomic E-state index is 11.7. The molecule has 3 heteroatoms. The number of hydrogen-bond donors (Lipinski definition) is 1. The van der Waals surface area contributed by atoms with E-state index in [1.165, 1.54) is 0 Å². The van der Waals surface area contributed by atoms with Gasteiger partial charge in [-0.2, -0.15) is 5.10 Å². The first-order valence-electron chi connectivity index (χ1n) is 5.42. The number of nitrogens with zero attached hydrogens (tertiary/aromatic N) is 1. The third-order valence-electron chi connectivity index (χ3n) is 2.48. The highest BCUT2D eigenvalue weighted by Crippen LogP contribution is 2.03. The summed E-state index contributed by atoms with van der Waals surface area (Å²) >= 11 is 0. The summed E-state index contributed by atoms with van der Waals surface area (Å²) in [6.45, 7) is 7.97. The van der Waals surface area contributed by atoms with Crippen molar-refractivity contribution in [2.45, 2.75) is 27.7 Å². The highest BCUT2D eigenvalue weighted by atomic mass is 16.2. The van der Waals surface area contributed by atoms with E-state index < -0.39 is 0 Å². The van der Waals surface area contributed by atoms with Crippen LogP contribution in [-0.2, 0) is 0 Å². The van der Waals surface area contributed by atoms with Gasteiger partial charge in [-0.05, 0) is 31.9 Å². The number of amides is 1. The highest BCUT2D eigenvalue weighted by molar-refractivity contribution is 5.95. The first kappa shape index (κ1) is 12.4. The maximum absolute atomic E-state index is 11.7. The molecule has 0 fully saturated rings. The van der Waals surface area contributed by atoms with Crippen molar-refractivity contribution < 1.29 is 4.79 Å². The molecule has 86 valence electrons. The van der Waals surface area contributed by atoms with Crippen LogP contribution in [0.15, 0.2) is 29.4 Å². The van der Waals surface area contributed by atoms with E-state index >= 15 is 0 Å². The van der Waals surface area contributed by atoms with E-state index in [2.05, 4.69) is 10.5 Å². The minimum atomic E-state index is -0.167. The predicted octanol–water partition coefficient (Wildman–Crippen LogP) is 2.76. The zero-order valence-electron chi connectivity index (χ0n) is 10.2. The standard InChI is InChI=1S/C13H18N2O/c1-9(2)11(4)14-15-13(16)12-7-5-10(3)6-8-12/h5-9H,1-4H3,(H,15,16). The van der Waals surface area contributed by atoms with Crippen molar-refractivity contribution in [3.8, 4) is 0 Å². The van der Waals surface area contributed by atoms with Crippen LogP contribution in [0.3, 0.4) is 0 Å². The third kappa shape index (κ3) is 3.50. The molecule has 16 heavy (non-hydrogen) atoms. The molecular weight excluding hydrogens is 200 g/mol. The minimum absolute atomic E-state index is 0.167. The van der Waals surface area contributed by atoms with Gasteiger partial charge in [0.25, 0.3) is 5.91 Å². The molecule has 0 radical (unpaired) electrons. The van der Waals surface area contributed by atoms with Crippen molar-refractivity contribution in [2.24, 2.45) is 11.0 Å². The first-order chi connectivity index (χ1) is 7.50. The van der Waals surface area contributed by atoms with E-state index in [4.69, 9.17) is 0 Å². The first-order valence-corrected chi connectivity index (χ1v) is 5.42. The maximum Gasteiger partial charge on any atom is 0.271 e. The van der Waals surface area contributed by atoms with Crippen LogP contribution in [0.2, 0.25) is 0 Å². The van der Waals surface area contributed by atoms with Crippen molar-refractivity contribution in [3.63, 3.8) is 0 Å². The molecule has 1 rings (SSSR count). The van der Waals surface area contributed by atoms with Crippen molar-refractivity contribution in [3.05, 3.63) is 35.4 Å². The Kier molecular flexibility index (Phi) is 4.23. The predicted molar refractivity (Wildman–Crippen MR) is 66.6 cm³/mol. The van der Waals surface area contributed by atoms with Crippen LogP contribution in [-0.4, -0.2) is 11.6 Å². The molecule has 0 aliphatic heterocycles. The van der Waals surface area contributed by atoms with E-state index in [0.29, 0.717) is 11.5 Å². The van der Waals surface area contributed by atoms with Crippen LogP contribution in [0.25, 0.3) is 0 Å². The molecule has 0 bridgehead atoms. The molecule has 0 aliphatic carbocycles. The molecule has 3 nitrogen and oxygen atoms in total. The molecule has 0 aliphatic rings. The van der Waals surface area contributed by atoms with Crippen LogP contribution in [0.5, 0.6) is 0 Å². The molecule has 0 aromatic heterocycles. The fourth-order valence-corrected chi connectivity index (χ4v) is 1.04. The SMILES string of the molecule is CC(=NNC(=O)c1ccc(C)cc1)C(C)C. The number of hydrogen-bond acceptors (Lipinski definition) is 2. The summed E-state index contributed by atoms with van der Waals surface area (Å²) in [7, 11) is 0. The van der Waals surface area contributed by atoms with Gasteiger partial charge >= 0.3 is 0 Å². The number of carbonyl (C=O) groups excluding carboxylic acids is 1. The summed E-state index contributed by atoms with van der Waals surface area (Å²) in [5, 5.41) is 4.04. The minimum Gasteiger partial charge on any atom is -0.267 e. The molecule has 1 aromatic rings. The Morgan fingerprint density at radius 1 is 1.25 bits per heavy atom. The second-order valence-electron chi connectivity index (χ2n) is 4.21. The molecule has 1 N–H and O–H groups in total. The Hall–Kier alpha value is -1.64. The lowest BCUT2D eigenvalue weighted by Gasteiger charge is -2.05. The molecule has 0 spiro atoms. The fraction of sp³-hybridized carbons (Fsp3) is 0.385. The highest BCUT2D eigenvalue weighted by Gasteiger charge is 2.04. The van der Waals surface area contributed by atoms with Gasteiger partial charge < -0.3 is 0 Å². The normalized spacial score (nSPS) is 11.7. The lowest BCUT2D eigenvalue weighted by Crippen LogP contribution is -2.20. The van der Waals surface area contributed by atoms with Gasteiger partial charge in [-0.15, -0.1) is 0 Å². The lowest BCUT2D eigenvalue weighted by molar-refractivity contribution is 0.0954. The van der Waals surface area contributed by atoms with Crippen LogP contribution in [0.1, 0.15) is 36.7 Å². The summed E-state index contributed by atoms with van der Waals surface area (Å²) in [4.78, 5) is 11.7. The molecule has 1 amide bonds. The molecule has 1 aromatic carbocycles. The van der Waals surface area contributed by atoms with Crippen molar-refractivity contribution >= 4 is 11.6 Å². The Labute approximate surface area is 96.6 Å². The third-order valence-corrected chi connectivity index (χ3v) is 2.48.